The monoisotopic (exact) mass is 240 g/mol. The van der Waals surface area contributed by atoms with Crippen LogP contribution >= 0.6 is 0 Å². The van der Waals surface area contributed by atoms with Gasteiger partial charge in [-0.2, -0.15) is 0 Å². The highest BCUT2D eigenvalue weighted by Gasteiger charge is 2.10. The number of hydrogen-bond acceptors (Lipinski definition) is 3. The van der Waals surface area contributed by atoms with Gasteiger partial charge >= 0.3 is 0 Å². The highest BCUT2D eigenvalue weighted by molar-refractivity contribution is 7.89. The molecule has 0 bridgehead atoms. The van der Waals surface area contributed by atoms with Gasteiger partial charge in [-0.3, -0.25) is 0 Å². The molecule has 5 heteroatoms. The van der Waals surface area contributed by atoms with Crippen molar-refractivity contribution < 1.29 is 8.42 Å². The molecule has 0 aliphatic rings. The van der Waals surface area contributed by atoms with E-state index in [1.165, 1.54) is 6.07 Å². The van der Waals surface area contributed by atoms with Crippen LogP contribution in [-0.2, 0) is 10.0 Å². The molecule has 3 N–H and O–H groups in total. The van der Waals surface area contributed by atoms with Gasteiger partial charge in [0.1, 0.15) is 0 Å². The molecule has 0 aliphatic heterocycles. The van der Waals surface area contributed by atoms with Crippen LogP contribution in [0.4, 0.5) is 0 Å². The van der Waals surface area contributed by atoms with Crippen molar-refractivity contribution in [3.05, 3.63) is 35.9 Å². The number of primary sulfonamides is 1. The molecule has 0 heterocycles. The van der Waals surface area contributed by atoms with Crippen molar-refractivity contribution in [2.45, 2.75) is 11.3 Å². The van der Waals surface area contributed by atoms with Crippen molar-refractivity contribution in [2.75, 3.05) is 13.6 Å². The van der Waals surface area contributed by atoms with Crippen LogP contribution in [0.25, 0.3) is 6.08 Å². The van der Waals surface area contributed by atoms with E-state index in [-0.39, 0.29) is 4.90 Å². The zero-order chi connectivity index (χ0) is 12.0. The molecule has 0 unspecified atom stereocenters. The Labute approximate surface area is 96.2 Å². The van der Waals surface area contributed by atoms with E-state index in [1.807, 2.05) is 13.1 Å². The Hall–Kier alpha value is -1.17. The Morgan fingerprint density at radius 2 is 2.06 bits per heavy atom. The van der Waals surface area contributed by atoms with Gasteiger partial charge < -0.3 is 5.32 Å². The number of nitrogens with two attached hydrogens (primary N) is 1. The van der Waals surface area contributed by atoms with E-state index < -0.39 is 10.0 Å². The van der Waals surface area contributed by atoms with Crippen molar-refractivity contribution in [1.82, 2.24) is 5.32 Å². The maximum Gasteiger partial charge on any atom is 0.238 e. The van der Waals surface area contributed by atoms with Gasteiger partial charge in [0.2, 0.25) is 10.0 Å². The molecular weight excluding hydrogens is 224 g/mol. The quantitative estimate of drug-likeness (QED) is 0.753. The van der Waals surface area contributed by atoms with E-state index in [9.17, 15) is 8.42 Å². The molecule has 1 aromatic rings. The number of nitrogens with one attached hydrogen (secondary N) is 1. The fraction of sp³-hybridized carbons (Fsp3) is 0.273. The highest BCUT2D eigenvalue weighted by atomic mass is 32.2. The molecule has 0 fully saturated rings. The maximum atomic E-state index is 11.3. The minimum absolute atomic E-state index is 0.163. The summed E-state index contributed by atoms with van der Waals surface area (Å²) in [4.78, 5) is 0.163. The van der Waals surface area contributed by atoms with Gasteiger partial charge in [-0.15, -0.1) is 0 Å². The Bertz CT molecular complexity index is 467. The summed E-state index contributed by atoms with van der Waals surface area (Å²) in [5.74, 6) is 0. The van der Waals surface area contributed by atoms with Crippen LogP contribution in [0.1, 0.15) is 12.0 Å². The SMILES string of the molecule is CNCCC=Cc1ccccc1S(N)(=O)=O. The Morgan fingerprint density at radius 1 is 1.38 bits per heavy atom. The predicted octanol–water partition coefficient (Wildman–Crippen LogP) is 0.957. The minimum atomic E-state index is -3.64. The second-order valence-electron chi connectivity index (χ2n) is 3.38. The van der Waals surface area contributed by atoms with Crippen LogP contribution in [0, 0.1) is 0 Å². The van der Waals surface area contributed by atoms with Crippen LogP contribution in [0.15, 0.2) is 35.2 Å². The van der Waals surface area contributed by atoms with Gasteiger partial charge in [0.05, 0.1) is 4.90 Å². The molecule has 4 nitrogen and oxygen atoms in total. The van der Waals surface area contributed by atoms with E-state index in [0.29, 0.717) is 5.56 Å². The lowest BCUT2D eigenvalue weighted by Crippen LogP contribution is -2.13. The van der Waals surface area contributed by atoms with Crippen LogP contribution in [0.2, 0.25) is 0 Å². The van der Waals surface area contributed by atoms with Crippen molar-refractivity contribution in [1.29, 1.82) is 0 Å². The zero-order valence-corrected chi connectivity index (χ0v) is 10.00. The van der Waals surface area contributed by atoms with Gasteiger partial charge in [0.15, 0.2) is 0 Å². The smallest absolute Gasteiger partial charge is 0.238 e. The van der Waals surface area contributed by atoms with E-state index >= 15 is 0 Å². The number of sulfonamides is 1. The van der Waals surface area contributed by atoms with E-state index in [2.05, 4.69) is 5.32 Å². The summed E-state index contributed by atoms with van der Waals surface area (Å²) < 4.78 is 22.5. The Balaban J connectivity index is 2.92. The average molecular weight is 240 g/mol. The van der Waals surface area contributed by atoms with E-state index in [4.69, 9.17) is 5.14 Å². The van der Waals surface area contributed by atoms with Crippen LogP contribution in [0.5, 0.6) is 0 Å². The van der Waals surface area contributed by atoms with Crippen LogP contribution in [-0.4, -0.2) is 22.0 Å². The molecule has 0 aliphatic carbocycles. The van der Waals surface area contributed by atoms with E-state index in [0.717, 1.165) is 13.0 Å². The summed E-state index contributed by atoms with van der Waals surface area (Å²) in [6.07, 6.45) is 4.53. The molecular formula is C11H16N2O2S. The Morgan fingerprint density at radius 3 is 2.69 bits per heavy atom. The molecule has 0 amide bonds. The first-order valence-corrected chi connectivity index (χ1v) is 6.53. The third-order valence-corrected chi connectivity index (χ3v) is 3.07. The summed E-state index contributed by atoms with van der Waals surface area (Å²) in [7, 11) is -1.78. The number of hydrogen-bond donors (Lipinski definition) is 2. The second-order valence-corrected chi connectivity index (χ2v) is 4.91. The first kappa shape index (κ1) is 12.9. The highest BCUT2D eigenvalue weighted by Crippen LogP contribution is 2.15. The molecule has 1 aromatic carbocycles. The summed E-state index contributed by atoms with van der Waals surface area (Å²) >= 11 is 0. The third-order valence-electron chi connectivity index (χ3n) is 2.08. The van der Waals surface area contributed by atoms with Crippen molar-refractivity contribution in [3.63, 3.8) is 0 Å². The molecule has 0 saturated heterocycles. The summed E-state index contributed by atoms with van der Waals surface area (Å²) in [6.45, 7) is 0.855. The molecule has 16 heavy (non-hydrogen) atoms. The summed E-state index contributed by atoms with van der Waals surface area (Å²) in [5.41, 5.74) is 0.626. The summed E-state index contributed by atoms with van der Waals surface area (Å²) in [5, 5.41) is 8.12. The van der Waals surface area contributed by atoms with Crippen LogP contribution in [0.3, 0.4) is 0 Å². The number of benzene rings is 1. The zero-order valence-electron chi connectivity index (χ0n) is 9.18. The standard InChI is InChI=1S/C11H16N2O2S/c1-13-9-5-4-7-10-6-2-3-8-11(10)16(12,14)15/h2-4,6-8,13H,5,9H2,1H3,(H2,12,14,15). The van der Waals surface area contributed by atoms with Gasteiger partial charge in [-0.1, -0.05) is 30.4 Å². The maximum absolute atomic E-state index is 11.3. The normalized spacial score (nSPS) is 12.1. The molecule has 1 rings (SSSR count). The van der Waals surface area contributed by atoms with Crippen molar-refractivity contribution >= 4 is 16.1 Å². The fourth-order valence-corrected chi connectivity index (χ4v) is 2.05. The lowest BCUT2D eigenvalue weighted by molar-refractivity contribution is 0.597. The minimum Gasteiger partial charge on any atom is -0.319 e. The molecule has 0 atom stereocenters. The second kappa shape index (κ2) is 5.79. The molecule has 0 radical (unpaired) electrons. The molecule has 0 spiro atoms. The van der Waals surface area contributed by atoms with Crippen LogP contribution < -0.4 is 10.5 Å². The average Bonchev–Trinajstić information content (AvgIpc) is 2.24. The first-order chi connectivity index (χ1) is 7.55. The predicted molar refractivity (Wildman–Crippen MR) is 65.4 cm³/mol. The van der Waals surface area contributed by atoms with Gasteiger partial charge in [0.25, 0.3) is 0 Å². The lowest BCUT2D eigenvalue weighted by Gasteiger charge is -2.02. The van der Waals surface area contributed by atoms with Gasteiger partial charge in [0, 0.05) is 0 Å². The molecule has 88 valence electrons. The van der Waals surface area contributed by atoms with E-state index in [1.54, 1.807) is 24.3 Å². The lowest BCUT2D eigenvalue weighted by atomic mass is 10.2. The largest absolute Gasteiger partial charge is 0.319 e. The summed E-state index contributed by atoms with van der Waals surface area (Å²) in [6, 6.07) is 6.68. The van der Waals surface area contributed by atoms with Gasteiger partial charge in [-0.05, 0) is 31.6 Å². The Kier molecular flexibility index (Phi) is 4.67. The van der Waals surface area contributed by atoms with Gasteiger partial charge in [-0.25, -0.2) is 13.6 Å². The number of rotatable bonds is 5. The first-order valence-electron chi connectivity index (χ1n) is 4.98. The third kappa shape index (κ3) is 3.77. The topological polar surface area (TPSA) is 72.2 Å². The van der Waals surface area contributed by atoms with Crippen molar-refractivity contribution in [3.8, 4) is 0 Å². The molecule has 0 aromatic heterocycles. The fourth-order valence-electron chi connectivity index (χ4n) is 1.32. The van der Waals surface area contributed by atoms with Crippen molar-refractivity contribution in [2.24, 2.45) is 5.14 Å². The molecule has 0 saturated carbocycles.